The number of hydrogen-bond donors (Lipinski definition) is 1. The zero-order chi connectivity index (χ0) is 16.3. The topological polar surface area (TPSA) is 53.4 Å². The number of carbonyl (C=O) groups excluding carboxylic acids is 1. The summed E-state index contributed by atoms with van der Waals surface area (Å²) in [5.41, 5.74) is 2.29. The molecule has 2 rings (SSSR count). The molecule has 1 heterocycles. The van der Waals surface area contributed by atoms with Gasteiger partial charge in [-0.25, -0.2) is 0 Å². The monoisotopic (exact) mass is 426 g/mol. The molecule has 0 aliphatic heterocycles. The van der Waals surface area contributed by atoms with Gasteiger partial charge in [-0.3, -0.25) is 9.78 Å². The quantitative estimate of drug-likeness (QED) is 0.770. The molecule has 0 spiro atoms. The second-order valence-corrected chi connectivity index (χ2v) is 6.62. The van der Waals surface area contributed by atoms with Crippen molar-refractivity contribution in [2.45, 2.75) is 20.3 Å². The minimum atomic E-state index is -0.126. The van der Waals surface area contributed by atoms with Crippen LogP contribution in [0.25, 0.3) is 0 Å². The first kappa shape index (κ1) is 17.0. The number of phenols is 1. The van der Waals surface area contributed by atoms with Crippen LogP contribution in [0.1, 0.15) is 29.3 Å². The minimum absolute atomic E-state index is 0.0798. The van der Waals surface area contributed by atoms with Crippen LogP contribution in [-0.4, -0.2) is 22.5 Å². The van der Waals surface area contributed by atoms with E-state index in [1.165, 1.54) is 0 Å². The Hall–Kier alpha value is -1.40. The molecular weight excluding hydrogens is 412 g/mol. The van der Waals surface area contributed by atoms with Crippen LogP contribution < -0.4 is 4.90 Å². The molecule has 0 bridgehead atoms. The zero-order valence-electron chi connectivity index (χ0n) is 12.3. The van der Waals surface area contributed by atoms with E-state index in [2.05, 4.69) is 36.8 Å². The summed E-state index contributed by atoms with van der Waals surface area (Å²) < 4.78 is 0.953. The third-order valence-corrected chi connectivity index (χ3v) is 4.47. The summed E-state index contributed by atoms with van der Waals surface area (Å²) in [5, 5.41) is 9.79. The molecule has 1 aromatic heterocycles. The van der Waals surface area contributed by atoms with Gasteiger partial charge in [0.2, 0.25) is 0 Å². The molecule has 0 aliphatic carbocycles. The Balaban J connectivity index is 2.45. The lowest BCUT2D eigenvalue weighted by Gasteiger charge is -2.24. The van der Waals surface area contributed by atoms with Gasteiger partial charge >= 0.3 is 0 Å². The van der Waals surface area contributed by atoms with Gasteiger partial charge in [0.25, 0.3) is 5.91 Å². The van der Waals surface area contributed by atoms with Crippen molar-refractivity contribution in [1.82, 2.24) is 4.98 Å². The average molecular weight is 428 g/mol. The van der Waals surface area contributed by atoms with Gasteiger partial charge in [-0.05, 0) is 69.0 Å². The molecule has 0 saturated heterocycles. The van der Waals surface area contributed by atoms with Crippen LogP contribution in [0.2, 0.25) is 0 Å². The number of aromatic hydroxyl groups is 1. The summed E-state index contributed by atoms with van der Waals surface area (Å²) in [6, 6.07) is 5.13. The number of amides is 1. The van der Waals surface area contributed by atoms with E-state index in [9.17, 15) is 9.90 Å². The molecule has 1 aromatic carbocycles. The Morgan fingerprint density at radius 2 is 1.95 bits per heavy atom. The van der Waals surface area contributed by atoms with E-state index in [0.29, 0.717) is 21.1 Å². The van der Waals surface area contributed by atoms with Gasteiger partial charge in [0.05, 0.1) is 20.8 Å². The summed E-state index contributed by atoms with van der Waals surface area (Å²) in [5.74, 6) is -0.0458. The second kappa shape index (κ2) is 7.24. The summed E-state index contributed by atoms with van der Waals surface area (Å²) in [6.45, 7) is 4.58. The largest absolute Gasteiger partial charge is 0.506 e. The van der Waals surface area contributed by atoms with Crippen LogP contribution in [-0.2, 0) is 0 Å². The molecule has 22 heavy (non-hydrogen) atoms. The Labute approximate surface area is 146 Å². The van der Waals surface area contributed by atoms with E-state index in [4.69, 9.17) is 0 Å². The predicted molar refractivity (Wildman–Crippen MR) is 94.4 cm³/mol. The molecule has 0 radical (unpaired) electrons. The maximum Gasteiger partial charge on any atom is 0.258 e. The fraction of sp³-hybridized carbons (Fsp3) is 0.250. The Kier molecular flexibility index (Phi) is 5.58. The van der Waals surface area contributed by atoms with Crippen LogP contribution >= 0.6 is 31.9 Å². The van der Waals surface area contributed by atoms with Gasteiger partial charge in [-0.2, -0.15) is 0 Å². The third kappa shape index (κ3) is 3.50. The highest BCUT2D eigenvalue weighted by Gasteiger charge is 2.20. The number of hydrogen-bond acceptors (Lipinski definition) is 3. The minimum Gasteiger partial charge on any atom is -0.506 e. The predicted octanol–water partition coefficient (Wildman–Crippen LogP) is 4.68. The van der Waals surface area contributed by atoms with Gasteiger partial charge in [0.1, 0.15) is 5.75 Å². The maximum atomic E-state index is 12.9. The average Bonchev–Trinajstić information content (AvgIpc) is 2.50. The lowest BCUT2D eigenvalue weighted by Crippen LogP contribution is -2.32. The highest BCUT2D eigenvalue weighted by atomic mass is 79.9. The number of carbonyl (C=O) groups is 1. The first-order valence-corrected chi connectivity index (χ1v) is 8.44. The van der Waals surface area contributed by atoms with Gasteiger partial charge in [-0.15, -0.1) is 0 Å². The van der Waals surface area contributed by atoms with E-state index >= 15 is 0 Å². The summed E-state index contributed by atoms with van der Waals surface area (Å²) in [4.78, 5) is 18.7. The van der Waals surface area contributed by atoms with Crippen LogP contribution in [0.3, 0.4) is 0 Å². The van der Waals surface area contributed by atoms with Crippen LogP contribution in [0.5, 0.6) is 5.75 Å². The number of halogens is 2. The molecule has 0 unspecified atom stereocenters. The molecule has 6 heteroatoms. The highest BCUT2D eigenvalue weighted by molar-refractivity contribution is 9.11. The Morgan fingerprint density at radius 3 is 2.50 bits per heavy atom. The fourth-order valence-electron chi connectivity index (χ4n) is 2.14. The van der Waals surface area contributed by atoms with E-state index in [1.54, 1.807) is 29.4 Å². The standard InChI is InChI=1S/C16H16Br2N2O2/c1-3-6-20(14-9-19-5-4-10(14)2)16(22)11-7-12(17)15(21)13(18)8-11/h4-5,7-9,21H,3,6H2,1-2H3. The van der Waals surface area contributed by atoms with Crippen molar-refractivity contribution >= 4 is 43.5 Å². The lowest BCUT2D eigenvalue weighted by molar-refractivity contribution is 0.0986. The SMILES string of the molecule is CCCN(C(=O)c1cc(Br)c(O)c(Br)c1)c1cnccc1C. The van der Waals surface area contributed by atoms with Crippen molar-refractivity contribution in [2.24, 2.45) is 0 Å². The van der Waals surface area contributed by atoms with Crippen molar-refractivity contribution in [1.29, 1.82) is 0 Å². The molecule has 0 aliphatic rings. The van der Waals surface area contributed by atoms with Crippen LogP contribution in [0.4, 0.5) is 5.69 Å². The van der Waals surface area contributed by atoms with Crippen molar-refractivity contribution in [3.8, 4) is 5.75 Å². The molecule has 116 valence electrons. The molecule has 0 fully saturated rings. The molecule has 1 amide bonds. The number of nitrogens with zero attached hydrogens (tertiary/aromatic N) is 2. The molecule has 0 saturated carbocycles. The fourth-order valence-corrected chi connectivity index (χ4v) is 3.32. The van der Waals surface area contributed by atoms with Gasteiger partial charge in [0.15, 0.2) is 0 Å². The van der Waals surface area contributed by atoms with E-state index in [-0.39, 0.29) is 11.7 Å². The van der Waals surface area contributed by atoms with E-state index in [0.717, 1.165) is 17.7 Å². The first-order valence-electron chi connectivity index (χ1n) is 6.86. The number of benzene rings is 1. The Morgan fingerprint density at radius 1 is 1.32 bits per heavy atom. The van der Waals surface area contributed by atoms with Gasteiger partial charge < -0.3 is 10.0 Å². The highest BCUT2D eigenvalue weighted by Crippen LogP contribution is 2.34. The number of anilines is 1. The molecular formula is C16H16Br2N2O2. The number of aromatic nitrogens is 1. The molecule has 1 N–H and O–H groups in total. The number of pyridine rings is 1. The van der Waals surface area contributed by atoms with E-state index < -0.39 is 0 Å². The second-order valence-electron chi connectivity index (χ2n) is 4.91. The summed E-state index contributed by atoms with van der Waals surface area (Å²) in [6.07, 6.45) is 4.25. The van der Waals surface area contributed by atoms with Gasteiger partial charge in [0, 0.05) is 18.3 Å². The van der Waals surface area contributed by atoms with Crippen molar-refractivity contribution in [3.05, 3.63) is 50.7 Å². The van der Waals surface area contributed by atoms with Gasteiger partial charge in [-0.1, -0.05) is 6.92 Å². The van der Waals surface area contributed by atoms with Crippen molar-refractivity contribution in [2.75, 3.05) is 11.4 Å². The van der Waals surface area contributed by atoms with Crippen LogP contribution in [0.15, 0.2) is 39.5 Å². The van der Waals surface area contributed by atoms with Crippen molar-refractivity contribution in [3.63, 3.8) is 0 Å². The van der Waals surface area contributed by atoms with Crippen LogP contribution in [0, 0.1) is 6.92 Å². The summed E-state index contributed by atoms with van der Waals surface area (Å²) in [7, 11) is 0. The Bertz CT molecular complexity index is 681. The maximum absolute atomic E-state index is 12.9. The smallest absolute Gasteiger partial charge is 0.258 e. The lowest BCUT2D eigenvalue weighted by atomic mass is 10.1. The number of phenolic OH excluding ortho intramolecular Hbond substituents is 1. The third-order valence-electron chi connectivity index (χ3n) is 3.26. The normalized spacial score (nSPS) is 10.5. The molecule has 2 aromatic rings. The summed E-state index contributed by atoms with van der Waals surface area (Å²) >= 11 is 6.52. The number of rotatable bonds is 4. The first-order chi connectivity index (χ1) is 10.5. The van der Waals surface area contributed by atoms with E-state index in [1.807, 2.05) is 19.9 Å². The molecule has 0 atom stereocenters. The number of aryl methyl sites for hydroxylation is 1. The zero-order valence-corrected chi connectivity index (χ0v) is 15.5. The molecule has 4 nitrogen and oxygen atoms in total. The van der Waals surface area contributed by atoms with Crippen molar-refractivity contribution < 1.29 is 9.90 Å².